The summed E-state index contributed by atoms with van der Waals surface area (Å²) in [7, 11) is -3.99. The molecule has 0 saturated carbocycles. The van der Waals surface area contributed by atoms with Crippen LogP contribution in [0.4, 0.5) is 21.0 Å². The molecule has 2 aromatic rings. The number of anilines is 2. The number of unbranched alkanes of at least 4 members (excludes halogenated alkanes) is 10. The molecule has 10 N–H and O–H groups in total. The van der Waals surface area contributed by atoms with E-state index in [1.807, 2.05) is 52.8 Å². The Morgan fingerprint density at radius 1 is 0.634 bits per heavy atom. The molecule has 532 valence electrons. The Kier molecular flexibility index (Phi) is 35.6. The summed E-state index contributed by atoms with van der Waals surface area (Å²) in [5.74, 6) is 1.29. The average Bonchev–Trinajstić information content (AvgIpc) is 1.58. The van der Waals surface area contributed by atoms with Gasteiger partial charge in [0.05, 0.1) is 38.2 Å². The van der Waals surface area contributed by atoms with Crippen LogP contribution in [-0.2, 0) is 66.0 Å². The SMILES string of the molecule is C.C.CCC#N.Cc1cc(N(C)C(N)=O)cc(C)c1/C=C/S(=O)(=O)N1CCC2(CC1)N=C(CCCCCCCCC1(C)COC1)NC2=O.Cc1cc(N(C)C(N)=O)cc(C)c1CCS(=O)(=O)N1CCC2(CC1)N=C(CCCCCCCCC1(C)COC1)NC2=O.O.O.[HH].[Pd]. The number of rotatable bonds is 27. The van der Waals surface area contributed by atoms with Crippen molar-refractivity contribution in [2.24, 2.45) is 32.3 Å². The van der Waals surface area contributed by atoms with Crippen LogP contribution in [0.5, 0.6) is 0 Å². The van der Waals surface area contributed by atoms with E-state index in [4.69, 9.17) is 36.2 Å². The Morgan fingerprint density at radius 3 is 1.32 bits per heavy atom. The summed E-state index contributed by atoms with van der Waals surface area (Å²) < 4.78 is 66.4. The van der Waals surface area contributed by atoms with Gasteiger partial charge in [-0.2, -0.15) is 9.57 Å². The topological polar surface area (TPSA) is 356 Å². The number of hydrogen-bond acceptors (Lipinski definition) is 13. The van der Waals surface area contributed by atoms with Crippen molar-refractivity contribution >= 4 is 73.0 Å². The van der Waals surface area contributed by atoms with Crippen molar-refractivity contribution in [1.29, 1.82) is 5.26 Å². The number of piperidine rings is 2. The molecule has 26 heteroatoms. The van der Waals surface area contributed by atoms with Crippen LogP contribution in [0.25, 0.3) is 6.08 Å². The van der Waals surface area contributed by atoms with E-state index in [0.717, 1.165) is 110 Å². The molecule has 0 bridgehead atoms. The molecule has 2 spiro atoms. The van der Waals surface area contributed by atoms with Gasteiger partial charge in [-0.15, -0.1) is 0 Å². The molecule has 6 amide bonds. The number of hydrogen-bond donors (Lipinski definition) is 4. The summed E-state index contributed by atoms with van der Waals surface area (Å²) in [6.45, 7) is 18.7. The maximum Gasteiger partial charge on any atom is 0.318 e. The quantitative estimate of drug-likeness (QED) is 0.0481. The van der Waals surface area contributed by atoms with Crippen molar-refractivity contribution in [3.63, 3.8) is 0 Å². The van der Waals surface area contributed by atoms with Crippen LogP contribution < -0.4 is 31.9 Å². The summed E-state index contributed by atoms with van der Waals surface area (Å²) in [6.07, 6.45) is 22.3. The Hall–Kier alpha value is -5.19. The fraction of sp³-hybridized carbons (Fsp3) is 0.687. The summed E-state index contributed by atoms with van der Waals surface area (Å²) >= 11 is 0. The molecule has 23 nitrogen and oxygen atoms in total. The first-order valence-electron chi connectivity index (χ1n) is 31.9. The molecule has 4 saturated heterocycles. The number of aliphatic imine (C=N–C) groups is 2. The van der Waals surface area contributed by atoms with Crippen LogP contribution in [-0.4, -0.2) is 155 Å². The van der Waals surface area contributed by atoms with Gasteiger partial charge in [0.25, 0.3) is 11.8 Å². The largest absolute Gasteiger partial charge is 0.412 e. The number of amides is 6. The van der Waals surface area contributed by atoms with Crippen LogP contribution in [0.3, 0.4) is 0 Å². The first-order valence-corrected chi connectivity index (χ1v) is 35.0. The molecular formula is C67H115N11O12PdS2. The minimum Gasteiger partial charge on any atom is -0.412 e. The molecule has 0 radical (unpaired) electrons. The molecule has 6 aliphatic heterocycles. The van der Waals surface area contributed by atoms with E-state index in [0.29, 0.717) is 60.7 Å². The van der Waals surface area contributed by atoms with E-state index in [1.54, 1.807) is 32.3 Å². The van der Waals surface area contributed by atoms with Crippen LogP contribution in [0.15, 0.2) is 39.7 Å². The summed E-state index contributed by atoms with van der Waals surface area (Å²) in [4.78, 5) is 61.1. The zero-order valence-electron chi connectivity index (χ0n) is 55.4. The molecule has 6 aliphatic rings. The van der Waals surface area contributed by atoms with Gasteiger partial charge in [0.15, 0.2) is 0 Å². The normalized spacial score (nSPS) is 18.2. The number of aryl methyl sites for hydroxylation is 4. The van der Waals surface area contributed by atoms with Crippen molar-refractivity contribution in [2.75, 3.05) is 82.3 Å². The van der Waals surface area contributed by atoms with Crippen molar-refractivity contribution in [3.05, 3.63) is 63.1 Å². The van der Waals surface area contributed by atoms with Crippen LogP contribution in [0, 0.1) is 49.9 Å². The van der Waals surface area contributed by atoms with E-state index >= 15 is 0 Å². The zero-order chi connectivity index (χ0) is 64.5. The number of ether oxygens (including phenoxy) is 2. The molecule has 0 atom stereocenters. The van der Waals surface area contributed by atoms with Gasteiger partial charge in [-0.1, -0.05) is 99.8 Å². The van der Waals surface area contributed by atoms with Gasteiger partial charge < -0.3 is 42.5 Å². The number of nitrogens with one attached hydrogen (secondary N) is 2. The van der Waals surface area contributed by atoms with Crippen molar-refractivity contribution in [3.8, 4) is 6.07 Å². The van der Waals surface area contributed by atoms with E-state index in [9.17, 15) is 36.0 Å². The zero-order valence-corrected chi connectivity index (χ0v) is 58.6. The maximum absolute atomic E-state index is 13.2. The second-order valence-electron chi connectivity index (χ2n) is 26.0. The molecule has 6 heterocycles. The smallest absolute Gasteiger partial charge is 0.318 e. The number of benzene rings is 2. The van der Waals surface area contributed by atoms with Gasteiger partial charge in [-0.05, 0) is 149 Å². The number of sulfonamides is 2. The minimum atomic E-state index is -3.68. The summed E-state index contributed by atoms with van der Waals surface area (Å²) in [6, 6.07) is 8.12. The fourth-order valence-electron chi connectivity index (χ4n) is 12.4. The maximum atomic E-state index is 13.2. The number of amidine groups is 2. The second-order valence-corrected chi connectivity index (χ2v) is 29.9. The van der Waals surface area contributed by atoms with Gasteiger partial charge in [0.1, 0.15) is 22.7 Å². The molecule has 0 unspecified atom stereocenters. The van der Waals surface area contributed by atoms with Gasteiger partial charge in [0, 0.05) is 109 Å². The monoisotopic (exact) mass is 1440 g/mol. The molecule has 2 aromatic carbocycles. The Balaban J connectivity index is 0.00000164. The van der Waals surface area contributed by atoms with E-state index < -0.39 is 43.2 Å². The fourth-order valence-corrected chi connectivity index (χ4v) is 15.1. The third-order valence-electron chi connectivity index (χ3n) is 18.5. The van der Waals surface area contributed by atoms with Gasteiger partial charge >= 0.3 is 12.1 Å². The predicted octanol–water partition coefficient (Wildman–Crippen LogP) is 9.64. The summed E-state index contributed by atoms with van der Waals surface area (Å²) in [5.41, 5.74) is 16.5. The third kappa shape index (κ3) is 23.8. The Morgan fingerprint density at radius 2 is 0.978 bits per heavy atom. The van der Waals surface area contributed by atoms with Gasteiger partial charge in [-0.3, -0.25) is 29.4 Å². The van der Waals surface area contributed by atoms with E-state index in [-0.39, 0.29) is 91.4 Å². The van der Waals surface area contributed by atoms with Crippen molar-refractivity contribution < 1.29 is 78.3 Å². The Bertz CT molecular complexity index is 3110. The van der Waals surface area contributed by atoms with Gasteiger partial charge in [-0.25, -0.2) is 30.7 Å². The standard InChI is InChI=1S/C31H49N5O5S.C31H47N5O5S.C3H5N.2CH4.2H2O.Pd.H2/c2*1-23-19-25(35(4)29(32)38)20-24(2)26(23)12-18-42(39,40)36-16-14-31(15-17-36)28(37)33-27(34-31)11-9-7-5-6-8-10-13-30(3)21-41-22-30;1-2-3-4;;;;;;/h19-20H,5-18,21-22H2,1-4H3,(H2,32,38)(H,33,34,37);12,18-20H,5-11,13-17,21-22H2,1-4H3,(H2,32,38)(H,33,34,37);2H2,1H3;2*1H4;2*1H2;;1H/b;18-12+;;;;;;;. The number of carbonyl (C=O) groups excluding carboxylic acids is 4. The minimum absolute atomic E-state index is 0. The molecule has 0 aromatic heterocycles. The first kappa shape index (κ1) is 85.8. The number of nitrogens with two attached hydrogens (primary N) is 2. The number of nitrogens with zero attached hydrogens (tertiary/aromatic N) is 7. The van der Waals surface area contributed by atoms with Crippen molar-refractivity contribution in [2.45, 2.75) is 216 Å². The van der Waals surface area contributed by atoms with Gasteiger partial charge in [0.2, 0.25) is 20.0 Å². The molecular weight excluding hydrogens is 1320 g/mol. The second kappa shape index (κ2) is 38.5. The average molecular weight is 1440 g/mol. The molecule has 8 rings (SSSR count). The summed E-state index contributed by atoms with van der Waals surface area (Å²) in [5, 5.41) is 14.8. The van der Waals surface area contributed by atoms with Crippen LogP contribution in [0.1, 0.15) is 205 Å². The number of primary amides is 2. The Labute approximate surface area is 571 Å². The van der Waals surface area contributed by atoms with E-state index in [2.05, 4.69) is 24.5 Å². The van der Waals surface area contributed by atoms with Crippen LogP contribution in [0.2, 0.25) is 0 Å². The molecule has 4 fully saturated rings. The van der Waals surface area contributed by atoms with E-state index in [1.165, 1.54) is 88.0 Å². The van der Waals surface area contributed by atoms with Crippen molar-refractivity contribution in [1.82, 2.24) is 19.2 Å². The molecule has 93 heavy (non-hydrogen) atoms. The van der Waals surface area contributed by atoms with Crippen LogP contribution >= 0.6 is 0 Å². The number of nitriles is 1. The predicted molar refractivity (Wildman–Crippen MR) is 372 cm³/mol. The first-order chi connectivity index (χ1) is 41.6. The third-order valence-corrected chi connectivity index (χ3v) is 21.9. The number of urea groups is 2. The number of carbonyl (C=O) groups is 4. The molecule has 0 aliphatic carbocycles.